The zero-order chi connectivity index (χ0) is 13.0. The van der Waals surface area contributed by atoms with E-state index in [0.29, 0.717) is 13.1 Å². The third-order valence-electron chi connectivity index (χ3n) is 3.49. The molecule has 3 N–H and O–H groups in total. The van der Waals surface area contributed by atoms with Crippen molar-refractivity contribution in [3.63, 3.8) is 0 Å². The SMILES string of the molecule is NCCCCN1CCN(S(=O)(=O)NC2CC2)CC1. The Bertz CT molecular complexity index is 348. The van der Waals surface area contributed by atoms with Crippen molar-refractivity contribution in [1.29, 1.82) is 0 Å². The molecule has 106 valence electrons. The Morgan fingerprint density at radius 3 is 2.33 bits per heavy atom. The Kier molecular flexibility index (Phi) is 4.97. The van der Waals surface area contributed by atoms with E-state index in [-0.39, 0.29) is 6.04 Å². The van der Waals surface area contributed by atoms with Crippen LogP contribution in [0, 0.1) is 0 Å². The van der Waals surface area contributed by atoms with Gasteiger partial charge in [0.25, 0.3) is 10.2 Å². The summed E-state index contributed by atoms with van der Waals surface area (Å²) >= 11 is 0. The summed E-state index contributed by atoms with van der Waals surface area (Å²) in [5.41, 5.74) is 5.46. The number of hydrogen-bond acceptors (Lipinski definition) is 4. The zero-order valence-electron chi connectivity index (χ0n) is 10.8. The molecule has 0 atom stereocenters. The minimum atomic E-state index is -3.23. The van der Waals surface area contributed by atoms with Gasteiger partial charge in [-0.15, -0.1) is 0 Å². The molecule has 1 aliphatic carbocycles. The Morgan fingerprint density at radius 1 is 1.11 bits per heavy atom. The van der Waals surface area contributed by atoms with Gasteiger partial charge in [-0.25, -0.2) is 0 Å². The molecule has 0 spiro atoms. The number of unbranched alkanes of at least 4 members (excludes halogenated alkanes) is 1. The number of nitrogens with one attached hydrogen (secondary N) is 1. The minimum absolute atomic E-state index is 0.192. The summed E-state index contributed by atoms with van der Waals surface area (Å²) in [5.74, 6) is 0. The van der Waals surface area contributed by atoms with E-state index < -0.39 is 10.2 Å². The number of nitrogens with zero attached hydrogens (tertiary/aromatic N) is 2. The standard InChI is InChI=1S/C11H24N4O2S/c12-5-1-2-6-14-7-9-15(10-8-14)18(16,17)13-11-3-4-11/h11,13H,1-10,12H2. The molecule has 1 aliphatic heterocycles. The van der Waals surface area contributed by atoms with Gasteiger partial charge in [-0.3, -0.25) is 0 Å². The molecule has 1 heterocycles. The summed E-state index contributed by atoms with van der Waals surface area (Å²) in [6, 6.07) is 0.192. The van der Waals surface area contributed by atoms with Crippen molar-refractivity contribution in [3.8, 4) is 0 Å². The summed E-state index contributed by atoms with van der Waals surface area (Å²) in [6.07, 6.45) is 4.11. The van der Waals surface area contributed by atoms with E-state index in [9.17, 15) is 8.42 Å². The van der Waals surface area contributed by atoms with E-state index in [4.69, 9.17) is 5.73 Å². The van der Waals surface area contributed by atoms with E-state index in [1.807, 2.05) is 0 Å². The Morgan fingerprint density at radius 2 is 1.78 bits per heavy atom. The summed E-state index contributed by atoms with van der Waals surface area (Å²) in [4.78, 5) is 2.32. The topological polar surface area (TPSA) is 78.7 Å². The maximum Gasteiger partial charge on any atom is 0.279 e. The van der Waals surface area contributed by atoms with Crippen molar-refractivity contribution in [3.05, 3.63) is 0 Å². The Hall–Kier alpha value is -0.210. The van der Waals surface area contributed by atoms with Crippen LogP contribution in [0.5, 0.6) is 0 Å². The normalized spacial score (nSPS) is 23.4. The molecule has 6 nitrogen and oxygen atoms in total. The number of nitrogens with two attached hydrogens (primary N) is 1. The fourth-order valence-electron chi connectivity index (χ4n) is 2.16. The smallest absolute Gasteiger partial charge is 0.279 e. The van der Waals surface area contributed by atoms with Gasteiger partial charge in [-0.2, -0.15) is 17.4 Å². The summed E-state index contributed by atoms with van der Waals surface area (Å²) in [7, 11) is -3.23. The number of rotatable bonds is 7. The van der Waals surface area contributed by atoms with Gasteiger partial charge in [0.05, 0.1) is 0 Å². The van der Waals surface area contributed by atoms with Crippen molar-refractivity contribution >= 4 is 10.2 Å². The summed E-state index contributed by atoms with van der Waals surface area (Å²) in [5, 5.41) is 0. The maximum absolute atomic E-state index is 12.0. The second-order valence-electron chi connectivity index (χ2n) is 5.13. The van der Waals surface area contributed by atoms with Crippen LogP contribution < -0.4 is 10.5 Å². The minimum Gasteiger partial charge on any atom is -0.330 e. The highest BCUT2D eigenvalue weighted by Crippen LogP contribution is 2.21. The van der Waals surface area contributed by atoms with Crippen LogP contribution in [0.25, 0.3) is 0 Å². The van der Waals surface area contributed by atoms with Crippen molar-refractivity contribution in [2.24, 2.45) is 5.73 Å². The van der Waals surface area contributed by atoms with Crippen LogP contribution in [-0.2, 0) is 10.2 Å². The van der Waals surface area contributed by atoms with Crippen molar-refractivity contribution in [2.75, 3.05) is 39.3 Å². The molecule has 0 radical (unpaired) electrons. The molecule has 18 heavy (non-hydrogen) atoms. The monoisotopic (exact) mass is 276 g/mol. The molecule has 0 amide bonds. The maximum atomic E-state index is 12.0. The lowest BCUT2D eigenvalue weighted by Gasteiger charge is -2.33. The average molecular weight is 276 g/mol. The fourth-order valence-corrected chi connectivity index (χ4v) is 3.61. The molecule has 0 aromatic carbocycles. The van der Waals surface area contributed by atoms with Crippen LogP contribution in [0.15, 0.2) is 0 Å². The van der Waals surface area contributed by atoms with E-state index >= 15 is 0 Å². The average Bonchev–Trinajstić information content (AvgIpc) is 3.13. The van der Waals surface area contributed by atoms with Crippen LogP contribution in [0.1, 0.15) is 25.7 Å². The summed E-state index contributed by atoms with van der Waals surface area (Å²) in [6.45, 7) is 4.63. The predicted molar refractivity (Wildman–Crippen MR) is 71.4 cm³/mol. The number of piperazine rings is 1. The Balaban J connectivity index is 1.72. The van der Waals surface area contributed by atoms with Gasteiger partial charge in [0.15, 0.2) is 0 Å². The first-order valence-corrected chi connectivity index (χ1v) is 8.25. The lowest BCUT2D eigenvalue weighted by Crippen LogP contribution is -2.52. The quantitative estimate of drug-likeness (QED) is 0.605. The first-order valence-electron chi connectivity index (χ1n) is 6.81. The van der Waals surface area contributed by atoms with Gasteiger partial charge in [-0.1, -0.05) is 0 Å². The molecular weight excluding hydrogens is 252 g/mol. The second-order valence-corrected chi connectivity index (χ2v) is 6.84. The lowest BCUT2D eigenvalue weighted by atomic mass is 10.2. The fraction of sp³-hybridized carbons (Fsp3) is 1.00. The molecule has 1 saturated carbocycles. The van der Waals surface area contributed by atoms with Gasteiger partial charge >= 0.3 is 0 Å². The first kappa shape index (κ1) is 14.2. The van der Waals surface area contributed by atoms with Gasteiger partial charge in [0.2, 0.25) is 0 Å². The predicted octanol–water partition coefficient (Wildman–Crippen LogP) is -0.660. The highest BCUT2D eigenvalue weighted by Gasteiger charge is 2.32. The Labute approximate surface area is 110 Å². The summed E-state index contributed by atoms with van der Waals surface area (Å²) < 4.78 is 28.3. The third-order valence-corrected chi connectivity index (χ3v) is 5.17. The largest absolute Gasteiger partial charge is 0.330 e. The highest BCUT2D eigenvalue weighted by atomic mass is 32.2. The van der Waals surface area contributed by atoms with Gasteiger partial charge < -0.3 is 10.6 Å². The van der Waals surface area contributed by atoms with Gasteiger partial charge in [-0.05, 0) is 38.8 Å². The van der Waals surface area contributed by atoms with Gasteiger partial charge in [0, 0.05) is 32.2 Å². The van der Waals surface area contributed by atoms with E-state index in [1.165, 1.54) is 0 Å². The molecule has 0 unspecified atom stereocenters. The van der Waals surface area contributed by atoms with Crippen molar-refractivity contribution in [2.45, 2.75) is 31.7 Å². The van der Waals surface area contributed by atoms with E-state index in [1.54, 1.807) is 4.31 Å². The van der Waals surface area contributed by atoms with Crippen molar-refractivity contribution in [1.82, 2.24) is 13.9 Å². The van der Waals surface area contributed by atoms with E-state index in [2.05, 4.69) is 9.62 Å². The highest BCUT2D eigenvalue weighted by molar-refractivity contribution is 7.87. The molecular formula is C11H24N4O2S. The molecule has 2 aliphatic rings. The molecule has 1 saturated heterocycles. The van der Waals surface area contributed by atoms with Crippen LogP contribution in [0.3, 0.4) is 0 Å². The van der Waals surface area contributed by atoms with Crippen LogP contribution in [0.4, 0.5) is 0 Å². The van der Waals surface area contributed by atoms with Crippen LogP contribution >= 0.6 is 0 Å². The molecule has 2 rings (SSSR count). The van der Waals surface area contributed by atoms with Gasteiger partial charge in [0.1, 0.15) is 0 Å². The molecule has 2 fully saturated rings. The molecule has 0 aromatic rings. The lowest BCUT2D eigenvalue weighted by molar-refractivity contribution is 0.185. The zero-order valence-corrected chi connectivity index (χ0v) is 11.7. The first-order chi connectivity index (χ1) is 8.62. The molecule has 0 aromatic heterocycles. The second kappa shape index (κ2) is 6.29. The van der Waals surface area contributed by atoms with Crippen molar-refractivity contribution < 1.29 is 8.42 Å². The van der Waals surface area contributed by atoms with Crippen LogP contribution in [0.2, 0.25) is 0 Å². The van der Waals surface area contributed by atoms with E-state index in [0.717, 1.165) is 51.9 Å². The van der Waals surface area contributed by atoms with Crippen LogP contribution in [-0.4, -0.2) is 62.9 Å². The molecule has 7 heteroatoms. The third kappa shape index (κ3) is 4.17. The molecule has 0 bridgehead atoms. The number of hydrogen-bond donors (Lipinski definition) is 2.